The van der Waals surface area contributed by atoms with Gasteiger partial charge in [-0.15, -0.1) is 0 Å². The topological polar surface area (TPSA) is 62.1 Å². The molecule has 1 saturated heterocycles. The Bertz CT molecular complexity index is 906. The molecule has 134 valence electrons. The summed E-state index contributed by atoms with van der Waals surface area (Å²) in [5.74, 6) is 0.748. The van der Waals surface area contributed by atoms with Gasteiger partial charge in [-0.3, -0.25) is 9.69 Å². The molecule has 0 saturated carbocycles. The van der Waals surface area contributed by atoms with Gasteiger partial charge in [-0.05, 0) is 67.1 Å². The zero-order valence-electron chi connectivity index (χ0n) is 14.9. The number of ether oxygens (including phenoxy) is 1. The summed E-state index contributed by atoms with van der Waals surface area (Å²) in [6.07, 6.45) is 1.83. The second-order valence-electron chi connectivity index (χ2n) is 5.82. The predicted octanol–water partition coefficient (Wildman–Crippen LogP) is 4.33. The Balaban J connectivity index is 1.95. The van der Waals surface area contributed by atoms with E-state index < -0.39 is 0 Å². The number of benzene rings is 2. The van der Waals surface area contributed by atoms with Crippen molar-refractivity contribution >= 4 is 34.6 Å². The van der Waals surface area contributed by atoms with Gasteiger partial charge in [0, 0.05) is 6.54 Å². The third-order valence-electron chi connectivity index (χ3n) is 3.94. The molecule has 1 N–H and O–H groups in total. The van der Waals surface area contributed by atoms with E-state index in [1.165, 1.54) is 11.8 Å². The molecule has 5 nitrogen and oxygen atoms in total. The minimum absolute atomic E-state index is 0.0920. The zero-order valence-corrected chi connectivity index (χ0v) is 15.7. The highest BCUT2D eigenvalue weighted by molar-refractivity contribution is 8.18. The van der Waals surface area contributed by atoms with Gasteiger partial charge >= 0.3 is 0 Å². The highest BCUT2D eigenvalue weighted by atomic mass is 32.2. The standard InChI is InChI=1S/C20H20N2O3S/c1-4-22-19(24)18(12-14-6-5-7-15(11-14)25-3)26-20(22)21-16-9-8-13(2)10-17(16)23/h5-12,23H,4H2,1-3H3/b18-12-,21-20?. The molecule has 0 aliphatic carbocycles. The molecule has 0 spiro atoms. The van der Waals surface area contributed by atoms with E-state index in [1.807, 2.05) is 50.3 Å². The van der Waals surface area contributed by atoms with Gasteiger partial charge in [-0.2, -0.15) is 0 Å². The van der Waals surface area contributed by atoms with Crippen LogP contribution >= 0.6 is 11.8 Å². The number of nitrogens with zero attached hydrogens (tertiary/aromatic N) is 2. The molecule has 0 bridgehead atoms. The third kappa shape index (κ3) is 3.75. The van der Waals surface area contributed by atoms with Gasteiger partial charge in [0.15, 0.2) is 5.17 Å². The molecule has 1 heterocycles. The number of aromatic hydroxyl groups is 1. The van der Waals surface area contributed by atoms with Crippen molar-refractivity contribution < 1.29 is 14.6 Å². The fourth-order valence-electron chi connectivity index (χ4n) is 2.58. The predicted molar refractivity (Wildman–Crippen MR) is 106 cm³/mol. The summed E-state index contributed by atoms with van der Waals surface area (Å²) < 4.78 is 5.23. The van der Waals surface area contributed by atoms with E-state index in [9.17, 15) is 9.90 Å². The molecule has 2 aromatic rings. The van der Waals surface area contributed by atoms with Crippen LogP contribution in [-0.2, 0) is 4.79 Å². The number of phenols is 1. The summed E-state index contributed by atoms with van der Waals surface area (Å²) >= 11 is 1.30. The number of aryl methyl sites for hydroxylation is 1. The molecule has 3 rings (SSSR count). The Hall–Kier alpha value is -2.73. The lowest BCUT2D eigenvalue weighted by Gasteiger charge is -2.12. The molecule has 6 heteroatoms. The third-order valence-corrected chi connectivity index (χ3v) is 4.95. The lowest BCUT2D eigenvalue weighted by Crippen LogP contribution is -2.28. The van der Waals surface area contributed by atoms with E-state index in [0.29, 0.717) is 22.3 Å². The number of methoxy groups -OCH3 is 1. The molecular formula is C20H20N2O3S. The molecule has 1 aliphatic rings. The Morgan fingerprint density at radius 1 is 1.27 bits per heavy atom. The van der Waals surface area contributed by atoms with Gasteiger partial charge in [0.25, 0.3) is 5.91 Å². The van der Waals surface area contributed by atoms with Gasteiger partial charge in [-0.1, -0.05) is 18.2 Å². The lowest BCUT2D eigenvalue weighted by atomic mass is 10.2. The fraction of sp³-hybridized carbons (Fsp3) is 0.200. The van der Waals surface area contributed by atoms with Crippen LogP contribution < -0.4 is 4.74 Å². The Morgan fingerprint density at radius 2 is 2.08 bits per heavy atom. The van der Waals surface area contributed by atoms with Crippen molar-refractivity contribution in [3.8, 4) is 11.5 Å². The molecule has 0 atom stereocenters. The number of likely N-dealkylation sites (N-methyl/N-ethyl adjacent to an activating group) is 1. The average molecular weight is 368 g/mol. The van der Waals surface area contributed by atoms with Crippen LogP contribution in [0.5, 0.6) is 11.5 Å². The summed E-state index contributed by atoms with van der Waals surface area (Å²) in [5, 5.41) is 10.6. The largest absolute Gasteiger partial charge is 0.506 e. The smallest absolute Gasteiger partial charge is 0.266 e. The first-order chi connectivity index (χ1) is 12.5. The van der Waals surface area contributed by atoms with Crippen molar-refractivity contribution in [1.29, 1.82) is 0 Å². The quantitative estimate of drug-likeness (QED) is 0.816. The van der Waals surface area contributed by atoms with Crippen LogP contribution in [0.15, 0.2) is 52.4 Å². The number of hydrogen-bond donors (Lipinski definition) is 1. The SMILES string of the molecule is CCN1C(=O)/C(=C/c2cccc(OC)c2)SC1=Nc1ccc(C)cc1O. The number of amidine groups is 1. The summed E-state index contributed by atoms with van der Waals surface area (Å²) in [7, 11) is 1.61. The number of hydrogen-bond acceptors (Lipinski definition) is 5. The van der Waals surface area contributed by atoms with Crippen LogP contribution in [0.25, 0.3) is 6.08 Å². The second-order valence-corrected chi connectivity index (χ2v) is 6.83. The molecule has 0 aromatic heterocycles. The van der Waals surface area contributed by atoms with E-state index in [2.05, 4.69) is 4.99 Å². The van der Waals surface area contributed by atoms with Gasteiger partial charge in [0.1, 0.15) is 17.2 Å². The maximum absolute atomic E-state index is 12.7. The maximum Gasteiger partial charge on any atom is 0.266 e. The van der Waals surface area contributed by atoms with Gasteiger partial charge in [0.05, 0.1) is 12.0 Å². The van der Waals surface area contributed by atoms with Crippen molar-refractivity contribution in [2.75, 3.05) is 13.7 Å². The minimum Gasteiger partial charge on any atom is -0.506 e. The van der Waals surface area contributed by atoms with Crippen molar-refractivity contribution in [3.63, 3.8) is 0 Å². The molecule has 1 amide bonds. The number of carbonyl (C=O) groups excluding carboxylic acids is 1. The molecule has 1 fully saturated rings. The number of amides is 1. The molecular weight excluding hydrogens is 348 g/mol. The van der Waals surface area contributed by atoms with Gasteiger partial charge < -0.3 is 9.84 Å². The van der Waals surface area contributed by atoms with Crippen LogP contribution in [0.3, 0.4) is 0 Å². The van der Waals surface area contributed by atoms with E-state index in [4.69, 9.17) is 4.74 Å². The first kappa shape index (κ1) is 18.1. The summed E-state index contributed by atoms with van der Waals surface area (Å²) in [6, 6.07) is 12.8. The van der Waals surface area contributed by atoms with Crippen LogP contribution in [0, 0.1) is 6.92 Å². The molecule has 0 unspecified atom stereocenters. The van der Waals surface area contributed by atoms with Crippen LogP contribution in [0.2, 0.25) is 0 Å². The van der Waals surface area contributed by atoms with Crippen molar-refractivity contribution in [2.24, 2.45) is 4.99 Å². The monoisotopic (exact) mass is 368 g/mol. The van der Waals surface area contributed by atoms with Gasteiger partial charge in [0.2, 0.25) is 0 Å². The van der Waals surface area contributed by atoms with E-state index in [1.54, 1.807) is 24.1 Å². The summed E-state index contributed by atoms with van der Waals surface area (Å²) in [6.45, 7) is 4.31. The Labute approximate surface area is 157 Å². The van der Waals surface area contributed by atoms with Crippen LogP contribution in [0.1, 0.15) is 18.1 Å². The first-order valence-electron chi connectivity index (χ1n) is 8.25. The lowest BCUT2D eigenvalue weighted by molar-refractivity contribution is -0.122. The number of phenolic OH excluding ortho intramolecular Hbond substituents is 1. The fourth-order valence-corrected chi connectivity index (χ4v) is 3.64. The van der Waals surface area contributed by atoms with E-state index in [-0.39, 0.29) is 11.7 Å². The van der Waals surface area contributed by atoms with E-state index >= 15 is 0 Å². The molecule has 1 aliphatic heterocycles. The molecule has 2 aromatic carbocycles. The minimum atomic E-state index is -0.0920. The van der Waals surface area contributed by atoms with Crippen LogP contribution in [0.4, 0.5) is 5.69 Å². The number of thioether (sulfide) groups is 1. The van der Waals surface area contributed by atoms with Crippen LogP contribution in [-0.4, -0.2) is 34.7 Å². The Kier molecular flexibility index (Phi) is 5.32. The summed E-state index contributed by atoms with van der Waals surface area (Å²) in [5.41, 5.74) is 2.29. The number of carbonyl (C=O) groups is 1. The zero-order chi connectivity index (χ0) is 18.7. The number of rotatable bonds is 4. The van der Waals surface area contributed by atoms with Crippen molar-refractivity contribution in [1.82, 2.24) is 4.90 Å². The summed E-state index contributed by atoms with van der Waals surface area (Å²) in [4.78, 5) is 19.4. The number of aliphatic imine (C=N–C) groups is 1. The average Bonchev–Trinajstić information content (AvgIpc) is 2.92. The second kappa shape index (κ2) is 7.66. The first-order valence-corrected chi connectivity index (χ1v) is 9.07. The highest BCUT2D eigenvalue weighted by Gasteiger charge is 2.32. The van der Waals surface area contributed by atoms with Crippen molar-refractivity contribution in [3.05, 3.63) is 58.5 Å². The van der Waals surface area contributed by atoms with Gasteiger partial charge in [-0.25, -0.2) is 4.99 Å². The maximum atomic E-state index is 12.7. The van der Waals surface area contributed by atoms with E-state index in [0.717, 1.165) is 16.9 Å². The molecule has 0 radical (unpaired) electrons. The highest BCUT2D eigenvalue weighted by Crippen LogP contribution is 2.36. The Morgan fingerprint density at radius 3 is 2.77 bits per heavy atom. The van der Waals surface area contributed by atoms with Crippen molar-refractivity contribution in [2.45, 2.75) is 13.8 Å². The molecule has 26 heavy (non-hydrogen) atoms. The normalized spacial score (nSPS) is 17.3.